The Labute approximate surface area is 118 Å². The summed E-state index contributed by atoms with van der Waals surface area (Å²) < 4.78 is 1.87. The third kappa shape index (κ3) is 3.12. The minimum absolute atomic E-state index is 0.0117. The van der Waals surface area contributed by atoms with E-state index >= 15 is 0 Å². The van der Waals surface area contributed by atoms with Gasteiger partial charge in [0.1, 0.15) is 5.69 Å². The van der Waals surface area contributed by atoms with Crippen LogP contribution in [0.25, 0.3) is 0 Å². The van der Waals surface area contributed by atoms with Gasteiger partial charge in [0.15, 0.2) is 0 Å². The van der Waals surface area contributed by atoms with Crippen molar-refractivity contribution in [2.75, 3.05) is 18.8 Å². The fourth-order valence-electron chi connectivity index (χ4n) is 2.65. The maximum Gasteiger partial charge on any atom is 0.270 e. The van der Waals surface area contributed by atoms with Crippen molar-refractivity contribution >= 4 is 17.5 Å². The molecule has 1 aliphatic heterocycles. The number of anilines is 1. The number of amides is 2. The molecule has 0 bridgehead atoms. The third-order valence-electron chi connectivity index (χ3n) is 3.67. The van der Waals surface area contributed by atoms with Gasteiger partial charge in [0.25, 0.3) is 5.91 Å². The van der Waals surface area contributed by atoms with E-state index in [1.807, 2.05) is 16.4 Å². The number of nitrogen functional groups attached to an aromatic ring is 1. The Hall–Kier alpha value is -1.98. The van der Waals surface area contributed by atoms with Crippen molar-refractivity contribution in [3.8, 4) is 0 Å². The van der Waals surface area contributed by atoms with Gasteiger partial charge in [-0.3, -0.25) is 9.59 Å². The van der Waals surface area contributed by atoms with E-state index in [0.717, 1.165) is 19.4 Å². The van der Waals surface area contributed by atoms with Crippen LogP contribution in [0.3, 0.4) is 0 Å². The highest BCUT2D eigenvalue weighted by Gasteiger charge is 2.25. The molecule has 6 nitrogen and oxygen atoms in total. The monoisotopic (exact) mass is 278 g/mol. The lowest BCUT2D eigenvalue weighted by molar-refractivity contribution is -0.119. The van der Waals surface area contributed by atoms with E-state index in [-0.39, 0.29) is 17.9 Å². The molecule has 1 aliphatic rings. The number of carbonyl (C=O) groups excluding carboxylic acids is 2. The lowest BCUT2D eigenvalue weighted by Crippen LogP contribution is -2.46. The van der Waals surface area contributed by atoms with Crippen LogP contribution in [0.2, 0.25) is 0 Å². The number of aromatic nitrogens is 1. The average Bonchev–Trinajstić information content (AvgIpc) is 2.79. The van der Waals surface area contributed by atoms with Crippen LogP contribution in [0.15, 0.2) is 12.3 Å². The predicted molar refractivity (Wildman–Crippen MR) is 77.3 cm³/mol. The van der Waals surface area contributed by atoms with Crippen LogP contribution in [0.5, 0.6) is 0 Å². The molecule has 0 spiro atoms. The number of nitrogens with two attached hydrogens (primary N) is 1. The molecule has 2 rings (SSSR count). The highest BCUT2D eigenvalue weighted by atomic mass is 16.2. The second-order valence-corrected chi connectivity index (χ2v) is 5.21. The Bertz CT molecular complexity index is 501. The summed E-state index contributed by atoms with van der Waals surface area (Å²) in [6.07, 6.45) is 3.39. The average molecular weight is 278 g/mol. The molecule has 0 aliphatic carbocycles. The topological polar surface area (TPSA) is 80.4 Å². The van der Waals surface area contributed by atoms with Crippen molar-refractivity contribution in [1.82, 2.24) is 14.8 Å². The third-order valence-corrected chi connectivity index (χ3v) is 3.67. The summed E-state index contributed by atoms with van der Waals surface area (Å²) in [5.41, 5.74) is 7.02. The number of rotatable bonds is 3. The molecular weight excluding hydrogens is 256 g/mol. The zero-order valence-electron chi connectivity index (χ0n) is 12.1. The summed E-state index contributed by atoms with van der Waals surface area (Å²) in [7, 11) is 0. The molecule has 6 heteroatoms. The van der Waals surface area contributed by atoms with Crippen molar-refractivity contribution in [2.24, 2.45) is 0 Å². The van der Waals surface area contributed by atoms with Crippen molar-refractivity contribution in [3.05, 3.63) is 18.0 Å². The highest BCUT2D eigenvalue weighted by molar-refractivity contribution is 5.94. The molecule has 1 aromatic rings. The first kappa shape index (κ1) is 14.4. The van der Waals surface area contributed by atoms with E-state index in [4.69, 9.17) is 5.73 Å². The predicted octanol–water partition coefficient (Wildman–Crippen LogP) is 0.831. The normalized spacial score (nSPS) is 16.2. The van der Waals surface area contributed by atoms with Crippen LogP contribution < -0.4 is 11.1 Å². The molecule has 2 amide bonds. The standard InChI is InChI=1S/C14H22N4O2/c1-3-17-9-11(15)8-13(17)14(20)18-6-4-12(5-7-18)16-10(2)19/h8-9,12H,3-7,15H2,1-2H3,(H,16,19). The van der Waals surface area contributed by atoms with E-state index in [9.17, 15) is 9.59 Å². The molecule has 0 saturated carbocycles. The number of piperidine rings is 1. The Kier molecular flexibility index (Phi) is 4.32. The van der Waals surface area contributed by atoms with Crippen LogP contribution in [0, 0.1) is 0 Å². The van der Waals surface area contributed by atoms with E-state index in [0.29, 0.717) is 24.5 Å². The maximum atomic E-state index is 12.5. The summed E-state index contributed by atoms with van der Waals surface area (Å²) >= 11 is 0. The minimum atomic E-state index is -0.0117. The SMILES string of the molecule is CCn1cc(N)cc1C(=O)N1CCC(NC(C)=O)CC1. The van der Waals surface area contributed by atoms with Gasteiger partial charge in [-0.1, -0.05) is 0 Å². The summed E-state index contributed by atoms with van der Waals surface area (Å²) in [5, 5.41) is 2.91. The first-order valence-corrected chi connectivity index (χ1v) is 7.03. The second-order valence-electron chi connectivity index (χ2n) is 5.21. The Morgan fingerprint density at radius 3 is 2.60 bits per heavy atom. The van der Waals surface area contributed by atoms with Gasteiger partial charge in [0.05, 0.1) is 5.69 Å². The number of likely N-dealkylation sites (tertiary alicyclic amines) is 1. The van der Waals surface area contributed by atoms with Gasteiger partial charge in [0, 0.05) is 38.8 Å². The van der Waals surface area contributed by atoms with Crippen molar-refractivity contribution in [1.29, 1.82) is 0 Å². The zero-order chi connectivity index (χ0) is 14.7. The molecule has 0 aromatic carbocycles. The maximum absolute atomic E-state index is 12.5. The van der Waals surface area contributed by atoms with Gasteiger partial charge in [0.2, 0.25) is 5.91 Å². The fourth-order valence-corrected chi connectivity index (χ4v) is 2.65. The Morgan fingerprint density at radius 2 is 2.05 bits per heavy atom. The molecule has 0 unspecified atom stereocenters. The largest absolute Gasteiger partial charge is 0.397 e. The van der Waals surface area contributed by atoms with Gasteiger partial charge >= 0.3 is 0 Å². The number of nitrogens with one attached hydrogen (secondary N) is 1. The lowest BCUT2D eigenvalue weighted by Gasteiger charge is -2.32. The van der Waals surface area contributed by atoms with Gasteiger partial charge in [-0.15, -0.1) is 0 Å². The summed E-state index contributed by atoms with van der Waals surface area (Å²) in [6, 6.07) is 1.91. The number of hydrogen-bond acceptors (Lipinski definition) is 3. The molecule has 3 N–H and O–H groups in total. The van der Waals surface area contributed by atoms with Crippen LogP contribution in [0.4, 0.5) is 5.69 Å². The molecule has 0 radical (unpaired) electrons. The highest BCUT2D eigenvalue weighted by Crippen LogP contribution is 2.17. The van der Waals surface area contributed by atoms with Crippen LogP contribution in [-0.4, -0.2) is 40.4 Å². The minimum Gasteiger partial charge on any atom is -0.397 e. The smallest absolute Gasteiger partial charge is 0.270 e. The summed E-state index contributed by atoms with van der Waals surface area (Å²) in [6.45, 7) is 5.56. The number of aryl methyl sites for hydroxylation is 1. The lowest BCUT2D eigenvalue weighted by atomic mass is 10.0. The number of nitrogens with zero attached hydrogens (tertiary/aromatic N) is 2. The van der Waals surface area contributed by atoms with Crippen molar-refractivity contribution in [3.63, 3.8) is 0 Å². The first-order valence-electron chi connectivity index (χ1n) is 7.03. The molecule has 2 heterocycles. The molecule has 1 saturated heterocycles. The number of carbonyl (C=O) groups is 2. The fraction of sp³-hybridized carbons (Fsp3) is 0.571. The van der Waals surface area contributed by atoms with Gasteiger partial charge in [-0.2, -0.15) is 0 Å². The van der Waals surface area contributed by atoms with Crippen LogP contribution in [-0.2, 0) is 11.3 Å². The van der Waals surface area contributed by atoms with E-state index in [1.165, 1.54) is 6.92 Å². The number of hydrogen-bond donors (Lipinski definition) is 2. The van der Waals surface area contributed by atoms with E-state index < -0.39 is 0 Å². The van der Waals surface area contributed by atoms with Crippen molar-refractivity contribution < 1.29 is 9.59 Å². The van der Waals surface area contributed by atoms with Gasteiger partial charge in [-0.25, -0.2) is 0 Å². The molecule has 20 heavy (non-hydrogen) atoms. The van der Waals surface area contributed by atoms with Gasteiger partial charge < -0.3 is 20.5 Å². The Morgan fingerprint density at radius 1 is 1.40 bits per heavy atom. The van der Waals surface area contributed by atoms with Crippen LogP contribution >= 0.6 is 0 Å². The van der Waals surface area contributed by atoms with Gasteiger partial charge in [-0.05, 0) is 25.8 Å². The first-order chi connectivity index (χ1) is 9.51. The van der Waals surface area contributed by atoms with E-state index in [1.54, 1.807) is 12.3 Å². The summed E-state index contributed by atoms with van der Waals surface area (Å²) in [5.74, 6) is 0.00670. The zero-order valence-corrected chi connectivity index (χ0v) is 12.1. The summed E-state index contributed by atoms with van der Waals surface area (Å²) in [4.78, 5) is 25.3. The second kappa shape index (κ2) is 5.98. The van der Waals surface area contributed by atoms with Crippen LogP contribution in [0.1, 0.15) is 37.2 Å². The molecule has 1 fully saturated rings. The quantitative estimate of drug-likeness (QED) is 0.859. The molecule has 1 aromatic heterocycles. The Balaban J connectivity index is 1.99. The molecule has 0 atom stereocenters. The van der Waals surface area contributed by atoms with Crippen molar-refractivity contribution in [2.45, 2.75) is 39.3 Å². The molecule has 110 valence electrons. The van der Waals surface area contributed by atoms with E-state index in [2.05, 4.69) is 5.32 Å². The molecular formula is C14H22N4O2.